The van der Waals surface area contributed by atoms with Crippen molar-refractivity contribution in [1.82, 2.24) is 4.90 Å². The molecule has 140 valence electrons. The zero-order valence-corrected chi connectivity index (χ0v) is 16.0. The fourth-order valence-electron chi connectivity index (χ4n) is 3.01. The first-order chi connectivity index (χ1) is 11.8. The molecule has 2 rings (SSSR count). The molecule has 0 spiro atoms. The third kappa shape index (κ3) is 4.78. The van der Waals surface area contributed by atoms with Gasteiger partial charge in [-0.2, -0.15) is 0 Å². The Labute approximate surface area is 149 Å². The normalized spacial score (nSPS) is 17.9. The van der Waals surface area contributed by atoms with Gasteiger partial charge in [0.1, 0.15) is 18.0 Å². The molecule has 0 saturated carbocycles. The molecule has 0 aromatic heterocycles. The van der Waals surface area contributed by atoms with E-state index in [-0.39, 0.29) is 12.5 Å². The number of benzene rings is 1. The number of carbonyl (C=O) groups is 1. The lowest BCUT2D eigenvalue weighted by molar-refractivity contribution is -0.131. The summed E-state index contributed by atoms with van der Waals surface area (Å²) in [5, 5.41) is 0. The molecule has 8 heteroatoms. The summed E-state index contributed by atoms with van der Waals surface area (Å²) in [6.45, 7) is 3.16. The lowest BCUT2D eigenvalue weighted by Crippen LogP contribution is -2.46. The van der Waals surface area contributed by atoms with Crippen LogP contribution in [-0.2, 0) is 14.8 Å². The number of likely N-dealkylation sites (tertiary alicyclic amines) is 1. The van der Waals surface area contributed by atoms with Gasteiger partial charge in [0.05, 0.1) is 26.2 Å². The first-order valence-electron chi connectivity index (χ1n) is 8.23. The maximum Gasteiger partial charge on any atom is 0.243 e. The van der Waals surface area contributed by atoms with E-state index in [0.29, 0.717) is 36.2 Å². The maximum absolute atomic E-state index is 12.7. The van der Waals surface area contributed by atoms with Crippen LogP contribution in [0.2, 0.25) is 0 Å². The highest BCUT2D eigenvalue weighted by molar-refractivity contribution is 7.92. The summed E-state index contributed by atoms with van der Waals surface area (Å²) in [5.74, 6) is 1.08. The van der Waals surface area contributed by atoms with E-state index in [2.05, 4.69) is 6.92 Å². The Bertz CT molecular complexity index is 720. The molecule has 0 radical (unpaired) electrons. The van der Waals surface area contributed by atoms with Gasteiger partial charge in [-0.1, -0.05) is 6.92 Å². The summed E-state index contributed by atoms with van der Waals surface area (Å²) >= 11 is 0. The van der Waals surface area contributed by atoms with Crippen molar-refractivity contribution >= 4 is 21.6 Å². The molecule has 1 aromatic rings. The molecular formula is C17H26N2O5S. The Kier molecular flexibility index (Phi) is 6.16. The van der Waals surface area contributed by atoms with E-state index in [4.69, 9.17) is 9.47 Å². The van der Waals surface area contributed by atoms with Crippen molar-refractivity contribution in [1.29, 1.82) is 0 Å². The Hall–Kier alpha value is -1.96. The van der Waals surface area contributed by atoms with Crippen molar-refractivity contribution in [2.24, 2.45) is 5.92 Å². The summed E-state index contributed by atoms with van der Waals surface area (Å²) < 4.78 is 36.2. The van der Waals surface area contributed by atoms with Crippen molar-refractivity contribution < 1.29 is 22.7 Å². The number of sulfonamides is 1. The molecule has 0 bridgehead atoms. The van der Waals surface area contributed by atoms with Crippen LogP contribution in [0.3, 0.4) is 0 Å². The molecule has 1 aliphatic rings. The van der Waals surface area contributed by atoms with Gasteiger partial charge in [-0.25, -0.2) is 8.42 Å². The van der Waals surface area contributed by atoms with Crippen LogP contribution in [0, 0.1) is 5.92 Å². The molecule has 0 aliphatic carbocycles. The number of hydrogen-bond acceptors (Lipinski definition) is 5. The van der Waals surface area contributed by atoms with Gasteiger partial charge >= 0.3 is 0 Å². The second-order valence-electron chi connectivity index (χ2n) is 6.39. The van der Waals surface area contributed by atoms with Crippen molar-refractivity contribution in [2.45, 2.75) is 19.8 Å². The average Bonchev–Trinajstić information content (AvgIpc) is 2.57. The molecule has 1 aromatic carbocycles. The molecule has 1 heterocycles. The number of methoxy groups -OCH3 is 2. The number of carbonyl (C=O) groups excluding carboxylic acids is 1. The van der Waals surface area contributed by atoms with Gasteiger partial charge in [-0.15, -0.1) is 0 Å². The van der Waals surface area contributed by atoms with Crippen molar-refractivity contribution in [2.75, 3.05) is 44.4 Å². The van der Waals surface area contributed by atoms with Crippen LogP contribution < -0.4 is 13.8 Å². The topological polar surface area (TPSA) is 76.2 Å². The van der Waals surface area contributed by atoms with Crippen molar-refractivity contribution in [3.63, 3.8) is 0 Å². The number of hydrogen-bond donors (Lipinski definition) is 0. The van der Waals surface area contributed by atoms with Gasteiger partial charge in [0, 0.05) is 19.2 Å². The SMILES string of the molecule is COc1ccc(OC)c(N(CC(=O)N2CCC[C@@H](C)C2)S(C)(=O)=O)c1. The Balaban J connectivity index is 2.33. The molecule has 7 nitrogen and oxygen atoms in total. The van der Waals surface area contributed by atoms with Crippen LogP contribution in [-0.4, -0.2) is 59.3 Å². The Morgan fingerprint density at radius 3 is 2.60 bits per heavy atom. The molecule has 0 unspecified atom stereocenters. The zero-order valence-electron chi connectivity index (χ0n) is 15.2. The van der Waals surface area contributed by atoms with Gasteiger partial charge in [0.2, 0.25) is 15.9 Å². The molecule has 1 fully saturated rings. The minimum atomic E-state index is -3.67. The van der Waals surface area contributed by atoms with Crippen LogP contribution >= 0.6 is 0 Å². The molecule has 1 saturated heterocycles. The van der Waals surface area contributed by atoms with Gasteiger partial charge in [0.15, 0.2) is 0 Å². The number of anilines is 1. The zero-order chi connectivity index (χ0) is 18.6. The quantitative estimate of drug-likeness (QED) is 0.762. The fraction of sp³-hybridized carbons (Fsp3) is 0.588. The van der Waals surface area contributed by atoms with Crippen LogP contribution in [0.1, 0.15) is 19.8 Å². The second-order valence-corrected chi connectivity index (χ2v) is 8.30. The van der Waals surface area contributed by atoms with E-state index in [0.717, 1.165) is 23.4 Å². The molecule has 0 N–H and O–H groups in total. The van der Waals surface area contributed by atoms with E-state index >= 15 is 0 Å². The molecule has 1 aliphatic heterocycles. The third-order valence-corrected chi connectivity index (χ3v) is 5.47. The summed E-state index contributed by atoms with van der Waals surface area (Å²) in [7, 11) is -0.718. The monoisotopic (exact) mass is 370 g/mol. The lowest BCUT2D eigenvalue weighted by Gasteiger charge is -2.33. The van der Waals surface area contributed by atoms with Gasteiger partial charge in [-0.3, -0.25) is 9.10 Å². The van der Waals surface area contributed by atoms with Crippen LogP contribution in [0.4, 0.5) is 5.69 Å². The predicted molar refractivity (Wildman–Crippen MR) is 96.7 cm³/mol. The van der Waals surface area contributed by atoms with E-state index in [9.17, 15) is 13.2 Å². The maximum atomic E-state index is 12.7. The number of piperidine rings is 1. The van der Waals surface area contributed by atoms with Crippen LogP contribution in [0.15, 0.2) is 18.2 Å². The first kappa shape index (κ1) is 19.4. The molecular weight excluding hydrogens is 344 g/mol. The standard InChI is InChI=1S/C17H26N2O5S/c1-13-6-5-9-18(11-13)17(20)12-19(25(4,21)22)15-10-14(23-2)7-8-16(15)24-3/h7-8,10,13H,5-6,9,11-12H2,1-4H3/t13-/m1/s1. The van der Waals surface area contributed by atoms with Crippen LogP contribution in [0.5, 0.6) is 11.5 Å². The van der Waals surface area contributed by atoms with E-state index in [1.54, 1.807) is 23.1 Å². The average molecular weight is 370 g/mol. The number of nitrogens with zero attached hydrogens (tertiary/aromatic N) is 2. The minimum Gasteiger partial charge on any atom is -0.497 e. The highest BCUT2D eigenvalue weighted by Gasteiger charge is 2.28. The minimum absolute atomic E-state index is 0.207. The highest BCUT2D eigenvalue weighted by atomic mass is 32.2. The van der Waals surface area contributed by atoms with Gasteiger partial charge in [-0.05, 0) is 30.9 Å². The van der Waals surface area contributed by atoms with E-state index < -0.39 is 10.0 Å². The summed E-state index contributed by atoms with van der Waals surface area (Å²) in [4.78, 5) is 14.4. The molecule has 1 atom stereocenters. The highest BCUT2D eigenvalue weighted by Crippen LogP contribution is 2.33. The fourth-order valence-corrected chi connectivity index (χ4v) is 3.86. The smallest absolute Gasteiger partial charge is 0.243 e. The first-order valence-corrected chi connectivity index (χ1v) is 10.1. The largest absolute Gasteiger partial charge is 0.497 e. The number of amides is 1. The van der Waals surface area contributed by atoms with Crippen molar-refractivity contribution in [3.05, 3.63) is 18.2 Å². The van der Waals surface area contributed by atoms with Crippen LogP contribution in [0.25, 0.3) is 0 Å². The third-order valence-electron chi connectivity index (χ3n) is 4.34. The van der Waals surface area contributed by atoms with Crippen molar-refractivity contribution in [3.8, 4) is 11.5 Å². The van der Waals surface area contributed by atoms with E-state index in [1.807, 2.05) is 0 Å². The second kappa shape index (κ2) is 7.95. The van der Waals surface area contributed by atoms with Gasteiger partial charge in [0.25, 0.3) is 0 Å². The van der Waals surface area contributed by atoms with E-state index in [1.165, 1.54) is 14.2 Å². The molecule has 25 heavy (non-hydrogen) atoms. The van der Waals surface area contributed by atoms with Gasteiger partial charge < -0.3 is 14.4 Å². The Morgan fingerprint density at radius 2 is 2.04 bits per heavy atom. The lowest BCUT2D eigenvalue weighted by atomic mass is 10.0. The summed E-state index contributed by atoms with van der Waals surface area (Å²) in [6.07, 6.45) is 3.11. The number of ether oxygens (including phenoxy) is 2. The predicted octanol–water partition coefficient (Wildman–Crippen LogP) is 1.73. The number of rotatable bonds is 6. The Morgan fingerprint density at radius 1 is 1.32 bits per heavy atom. The summed E-state index contributed by atoms with van der Waals surface area (Å²) in [6, 6.07) is 4.86. The molecule has 1 amide bonds. The summed E-state index contributed by atoms with van der Waals surface area (Å²) in [5.41, 5.74) is 0.294.